The molecule has 0 unspecified atom stereocenters. The smallest absolute Gasteiger partial charge is 0.222 e. The topological polar surface area (TPSA) is 40.6 Å². The molecule has 0 atom stereocenters. The molecule has 1 aromatic carbocycles. The average Bonchev–Trinajstić information content (AvgIpc) is 2.82. The van der Waals surface area contributed by atoms with Crippen molar-refractivity contribution in [3.05, 3.63) is 34.9 Å². The molecule has 1 aromatic rings. The third-order valence-corrected chi connectivity index (χ3v) is 5.12. The van der Waals surface area contributed by atoms with Gasteiger partial charge in [-0.3, -0.25) is 4.90 Å². The van der Waals surface area contributed by atoms with Gasteiger partial charge in [-0.05, 0) is 24.8 Å². The molecule has 0 saturated carbocycles. The first kappa shape index (κ1) is 10.8. The fourth-order valence-corrected chi connectivity index (χ4v) is 4.02. The van der Waals surface area contributed by atoms with E-state index in [0.29, 0.717) is 16.6 Å². The lowest BCUT2D eigenvalue weighted by Gasteiger charge is -2.18. The van der Waals surface area contributed by atoms with Gasteiger partial charge in [0.25, 0.3) is 0 Å². The Morgan fingerprint density at radius 1 is 1.18 bits per heavy atom. The van der Waals surface area contributed by atoms with Crippen molar-refractivity contribution in [3.8, 4) is 0 Å². The van der Waals surface area contributed by atoms with Gasteiger partial charge < -0.3 is 4.90 Å². The monoisotopic (exact) mass is 250 g/mol. The van der Waals surface area contributed by atoms with Crippen molar-refractivity contribution in [2.24, 2.45) is 0 Å². The predicted molar refractivity (Wildman–Crippen MR) is 65.8 cm³/mol. The van der Waals surface area contributed by atoms with E-state index in [1.54, 1.807) is 18.2 Å². The molecule has 3 rings (SSSR count). The summed E-state index contributed by atoms with van der Waals surface area (Å²) < 4.78 is 24.7. The van der Waals surface area contributed by atoms with Gasteiger partial charge in [0.15, 0.2) is 0 Å². The molecule has 90 valence electrons. The number of rotatable bonds is 1. The molecule has 0 spiro atoms. The minimum absolute atomic E-state index is 0.435. The van der Waals surface area contributed by atoms with Crippen molar-refractivity contribution < 1.29 is 8.42 Å². The Labute approximate surface area is 101 Å². The van der Waals surface area contributed by atoms with Crippen LogP contribution in [-0.2, 0) is 9.84 Å². The molecule has 2 aliphatic rings. The van der Waals surface area contributed by atoms with Crippen LogP contribution in [0.25, 0.3) is 6.08 Å². The molecule has 0 bridgehead atoms. The highest BCUT2D eigenvalue weighted by atomic mass is 32.2. The average molecular weight is 250 g/mol. The summed E-state index contributed by atoms with van der Waals surface area (Å²) >= 11 is 0. The Hall–Kier alpha value is -1.33. The fraction of sp³-hybridized carbons (Fsp3) is 0.333. The van der Waals surface area contributed by atoms with Crippen molar-refractivity contribution in [2.45, 2.75) is 4.90 Å². The van der Waals surface area contributed by atoms with E-state index in [1.807, 2.05) is 24.1 Å². The molecule has 4 nitrogen and oxygen atoms in total. The van der Waals surface area contributed by atoms with Crippen molar-refractivity contribution in [3.63, 3.8) is 0 Å². The minimum atomic E-state index is -3.29. The van der Waals surface area contributed by atoms with E-state index >= 15 is 0 Å². The van der Waals surface area contributed by atoms with Crippen LogP contribution >= 0.6 is 0 Å². The Bertz CT molecular complexity index is 592. The largest absolute Gasteiger partial charge is 0.348 e. The molecule has 0 amide bonds. The van der Waals surface area contributed by atoms with Gasteiger partial charge in [-0.2, -0.15) is 0 Å². The van der Waals surface area contributed by atoms with Crippen LogP contribution in [0.15, 0.2) is 34.2 Å². The first-order valence-electron chi connectivity index (χ1n) is 5.58. The molecule has 1 saturated heterocycles. The van der Waals surface area contributed by atoms with Gasteiger partial charge in [0.1, 0.15) is 5.03 Å². The van der Waals surface area contributed by atoms with E-state index in [4.69, 9.17) is 0 Å². The molecular formula is C12H14N2O2S. The van der Waals surface area contributed by atoms with E-state index in [-0.39, 0.29) is 0 Å². The number of benzene rings is 1. The lowest BCUT2D eigenvalue weighted by Crippen LogP contribution is -2.25. The summed E-state index contributed by atoms with van der Waals surface area (Å²) in [5, 5.41) is 0.447. The van der Waals surface area contributed by atoms with E-state index in [0.717, 1.165) is 18.7 Å². The Balaban J connectivity index is 2.05. The number of sulfone groups is 1. The molecular weight excluding hydrogens is 236 g/mol. The number of hydrogen-bond donors (Lipinski definition) is 0. The Kier molecular flexibility index (Phi) is 2.27. The van der Waals surface area contributed by atoms with Gasteiger partial charge in [0.05, 0.1) is 11.6 Å². The van der Waals surface area contributed by atoms with Crippen molar-refractivity contribution in [1.82, 2.24) is 9.80 Å². The number of fused-ring (bicyclic) bond motifs is 1. The zero-order valence-electron chi connectivity index (χ0n) is 9.63. The second-order valence-electron chi connectivity index (χ2n) is 4.51. The molecule has 0 N–H and O–H groups in total. The van der Waals surface area contributed by atoms with Gasteiger partial charge in [-0.1, -0.05) is 18.2 Å². The number of likely N-dealkylation sites (N-methyl/N-ethyl adjacent to an activating group) is 1. The van der Waals surface area contributed by atoms with E-state index in [2.05, 4.69) is 4.90 Å². The van der Waals surface area contributed by atoms with E-state index in [1.165, 1.54) is 0 Å². The van der Waals surface area contributed by atoms with Crippen LogP contribution in [0.3, 0.4) is 0 Å². The molecule has 0 aromatic heterocycles. The lowest BCUT2D eigenvalue weighted by molar-refractivity contribution is 0.335. The second-order valence-corrected chi connectivity index (χ2v) is 6.37. The van der Waals surface area contributed by atoms with Gasteiger partial charge in [0, 0.05) is 13.1 Å². The minimum Gasteiger partial charge on any atom is -0.348 e. The summed E-state index contributed by atoms with van der Waals surface area (Å²) in [4.78, 5) is 4.47. The van der Waals surface area contributed by atoms with Crippen LogP contribution in [0.1, 0.15) is 5.56 Å². The van der Waals surface area contributed by atoms with Crippen LogP contribution in [0, 0.1) is 0 Å². The number of hydrogen-bond acceptors (Lipinski definition) is 4. The van der Waals surface area contributed by atoms with Gasteiger partial charge in [-0.15, -0.1) is 0 Å². The molecule has 2 aliphatic heterocycles. The second kappa shape index (κ2) is 3.58. The highest BCUT2D eigenvalue weighted by molar-refractivity contribution is 7.95. The van der Waals surface area contributed by atoms with Gasteiger partial charge in [0.2, 0.25) is 9.84 Å². The summed E-state index contributed by atoms with van der Waals surface area (Å²) in [5.41, 5.74) is 0.803. The Morgan fingerprint density at radius 3 is 2.59 bits per heavy atom. The fourth-order valence-electron chi connectivity index (χ4n) is 2.33. The van der Waals surface area contributed by atoms with Crippen LogP contribution < -0.4 is 0 Å². The van der Waals surface area contributed by atoms with Crippen LogP contribution in [0.5, 0.6) is 0 Å². The van der Waals surface area contributed by atoms with Crippen molar-refractivity contribution in [2.75, 3.05) is 26.8 Å². The van der Waals surface area contributed by atoms with Crippen molar-refractivity contribution in [1.29, 1.82) is 0 Å². The molecule has 17 heavy (non-hydrogen) atoms. The first-order valence-corrected chi connectivity index (χ1v) is 7.07. The summed E-state index contributed by atoms with van der Waals surface area (Å²) in [5.74, 6) is 0. The lowest BCUT2D eigenvalue weighted by atomic mass is 10.2. The first-order chi connectivity index (χ1) is 8.09. The standard InChI is InChI=1S/C12H14N2O2S/c1-13-6-7-14(9-13)12-8-10-4-2-3-5-11(10)17(12,15)16/h2-5,8H,6-7,9H2,1H3. The predicted octanol–water partition coefficient (Wildman–Crippen LogP) is 0.977. The van der Waals surface area contributed by atoms with Crippen LogP contribution in [0.2, 0.25) is 0 Å². The maximum atomic E-state index is 12.3. The van der Waals surface area contributed by atoms with Crippen LogP contribution in [0.4, 0.5) is 0 Å². The number of nitrogens with zero attached hydrogens (tertiary/aromatic N) is 2. The summed E-state index contributed by atoms with van der Waals surface area (Å²) in [6.45, 7) is 2.36. The SMILES string of the molecule is CN1CCN(C2=Cc3ccccc3S2(=O)=O)C1. The van der Waals surface area contributed by atoms with Crippen molar-refractivity contribution >= 4 is 15.9 Å². The molecule has 5 heteroatoms. The zero-order chi connectivity index (χ0) is 12.0. The van der Waals surface area contributed by atoms with E-state index in [9.17, 15) is 8.42 Å². The maximum Gasteiger partial charge on any atom is 0.222 e. The third kappa shape index (κ3) is 1.57. The van der Waals surface area contributed by atoms with Gasteiger partial charge in [-0.25, -0.2) is 8.42 Å². The molecule has 1 fully saturated rings. The highest BCUT2D eigenvalue weighted by Gasteiger charge is 2.34. The molecule has 0 aliphatic carbocycles. The molecule has 2 heterocycles. The third-order valence-electron chi connectivity index (χ3n) is 3.24. The quantitative estimate of drug-likeness (QED) is 0.745. The Morgan fingerprint density at radius 2 is 1.94 bits per heavy atom. The van der Waals surface area contributed by atoms with Gasteiger partial charge >= 0.3 is 0 Å². The van der Waals surface area contributed by atoms with E-state index < -0.39 is 9.84 Å². The zero-order valence-corrected chi connectivity index (χ0v) is 10.4. The normalized spacial score (nSPS) is 22.6. The molecule has 0 radical (unpaired) electrons. The summed E-state index contributed by atoms with van der Waals surface area (Å²) in [7, 11) is -1.30. The highest BCUT2D eigenvalue weighted by Crippen LogP contribution is 2.35. The summed E-state index contributed by atoms with van der Waals surface area (Å²) in [6, 6.07) is 7.15. The maximum absolute atomic E-state index is 12.3. The summed E-state index contributed by atoms with van der Waals surface area (Å²) in [6.07, 6.45) is 1.78. The van der Waals surface area contributed by atoms with Crippen LogP contribution in [-0.4, -0.2) is 45.0 Å².